The molecule has 0 spiro atoms. The fraction of sp³-hybridized carbons (Fsp3) is 0.588. The van der Waals surface area contributed by atoms with Gasteiger partial charge in [-0.3, -0.25) is 15.6 Å². The number of halogens is 1. The standard InChI is InChI=1S/C17H24FN3O/c18-13-5-3-4-12(10-13)11-19-17(22)9-8-16-14-6-1-2-7-15(14)20-21-16/h3-5,10,14-16,20-21H,1-2,6-9,11H2,(H,19,22). The number of rotatable bonds is 5. The molecule has 0 radical (unpaired) electrons. The van der Waals surface area contributed by atoms with Crippen molar-refractivity contribution in [1.29, 1.82) is 0 Å². The Morgan fingerprint density at radius 3 is 3.00 bits per heavy atom. The molecular weight excluding hydrogens is 281 g/mol. The zero-order valence-corrected chi connectivity index (χ0v) is 12.8. The van der Waals surface area contributed by atoms with E-state index in [1.54, 1.807) is 6.07 Å². The van der Waals surface area contributed by atoms with Gasteiger partial charge in [-0.25, -0.2) is 4.39 Å². The number of amides is 1. The maximum atomic E-state index is 13.1. The third kappa shape index (κ3) is 3.84. The first kappa shape index (κ1) is 15.4. The second-order valence-corrected chi connectivity index (χ2v) is 6.40. The zero-order chi connectivity index (χ0) is 15.4. The van der Waals surface area contributed by atoms with Crippen LogP contribution in [0.2, 0.25) is 0 Å². The van der Waals surface area contributed by atoms with Gasteiger partial charge in [0.2, 0.25) is 5.91 Å². The minimum absolute atomic E-state index is 0.0327. The van der Waals surface area contributed by atoms with Gasteiger partial charge in [0.15, 0.2) is 0 Å². The van der Waals surface area contributed by atoms with Crippen LogP contribution >= 0.6 is 0 Å². The molecule has 1 aliphatic carbocycles. The van der Waals surface area contributed by atoms with Crippen molar-refractivity contribution < 1.29 is 9.18 Å². The zero-order valence-electron chi connectivity index (χ0n) is 12.8. The van der Waals surface area contributed by atoms with Gasteiger partial charge in [-0.15, -0.1) is 0 Å². The lowest BCUT2D eigenvalue weighted by Crippen LogP contribution is -2.34. The smallest absolute Gasteiger partial charge is 0.220 e. The molecule has 1 aromatic carbocycles. The summed E-state index contributed by atoms with van der Waals surface area (Å²) in [5.74, 6) is 0.423. The SMILES string of the molecule is O=C(CCC1NNC2CCCCC21)NCc1cccc(F)c1. The Morgan fingerprint density at radius 2 is 2.14 bits per heavy atom. The Morgan fingerprint density at radius 1 is 1.27 bits per heavy atom. The van der Waals surface area contributed by atoms with Crippen LogP contribution in [0.4, 0.5) is 4.39 Å². The molecule has 5 heteroatoms. The summed E-state index contributed by atoms with van der Waals surface area (Å²) in [6.07, 6.45) is 6.45. The van der Waals surface area contributed by atoms with Crippen molar-refractivity contribution in [1.82, 2.24) is 16.2 Å². The van der Waals surface area contributed by atoms with Crippen LogP contribution in [-0.2, 0) is 11.3 Å². The average Bonchev–Trinajstić information content (AvgIpc) is 2.94. The highest BCUT2D eigenvalue weighted by atomic mass is 19.1. The Kier molecular flexibility index (Phi) is 5.05. The molecule has 3 unspecified atom stereocenters. The van der Waals surface area contributed by atoms with E-state index in [0.717, 1.165) is 12.0 Å². The van der Waals surface area contributed by atoms with E-state index in [1.165, 1.54) is 37.8 Å². The molecular formula is C17H24FN3O. The van der Waals surface area contributed by atoms with Gasteiger partial charge < -0.3 is 5.32 Å². The van der Waals surface area contributed by atoms with Crippen molar-refractivity contribution in [2.75, 3.05) is 0 Å². The second-order valence-electron chi connectivity index (χ2n) is 6.40. The largest absolute Gasteiger partial charge is 0.352 e. The molecule has 3 atom stereocenters. The van der Waals surface area contributed by atoms with Crippen molar-refractivity contribution in [3.63, 3.8) is 0 Å². The molecule has 1 amide bonds. The summed E-state index contributed by atoms with van der Waals surface area (Å²) in [5, 5.41) is 2.87. The predicted molar refractivity (Wildman–Crippen MR) is 83.3 cm³/mol. The minimum atomic E-state index is -0.267. The van der Waals surface area contributed by atoms with Crippen molar-refractivity contribution in [2.24, 2.45) is 5.92 Å². The predicted octanol–water partition coefficient (Wildman–Crippen LogP) is 2.26. The second kappa shape index (κ2) is 7.20. The Hall–Kier alpha value is -1.46. The average molecular weight is 305 g/mol. The molecule has 1 saturated heterocycles. The van der Waals surface area contributed by atoms with Crippen molar-refractivity contribution in [2.45, 2.75) is 57.2 Å². The molecule has 3 rings (SSSR count). The maximum absolute atomic E-state index is 13.1. The Balaban J connectivity index is 1.41. The van der Waals surface area contributed by atoms with Gasteiger partial charge in [-0.1, -0.05) is 25.0 Å². The number of benzene rings is 1. The molecule has 22 heavy (non-hydrogen) atoms. The van der Waals surface area contributed by atoms with Crippen molar-refractivity contribution in [3.05, 3.63) is 35.6 Å². The molecule has 120 valence electrons. The molecule has 1 aromatic rings. The summed E-state index contributed by atoms with van der Waals surface area (Å²) in [7, 11) is 0. The first-order chi connectivity index (χ1) is 10.7. The van der Waals surface area contributed by atoms with E-state index in [-0.39, 0.29) is 11.7 Å². The highest BCUT2D eigenvalue weighted by molar-refractivity contribution is 5.75. The molecule has 2 fully saturated rings. The molecule has 1 aliphatic heterocycles. The Bertz CT molecular complexity index is 522. The number of hydrogen-bond acceptors (Lipinski definition) is 3. The normalized spacial score (nSPS) is 27.4. The summed E-state index contributed by atoms with van der Waals surface area (Å²) in [5.41, 5.74) is 7.52. The van der Waals surface area contributed by atoms with Gasteiger partial charge in [-0.2, -0.15) is 0 Å². The summed E-state index contributed by atoms with van der Waals surface area (Å²) < 4.78 is 13.1. The monoisotopic (exact) mass is 305 g/mol. The third-order valence-corrected chi connectivity index (χ3v) is 4.85. The number of carbonyl (C=O) groups excluding carboxylic acids is 1. The Labute approximate surface area is 130 Å². The number of fused-ring (bicyclic) bond motifs is 1. The lowest BCUT2D eigenvalue weighted by molar-refractivity contribution is -0.121. The van der Waals surface area contributed by atoms with E-state index in [9.17, 15) is 9.18 Å². The van der Waals surface area contributed by atoms with Crippen LogP contribution in [-0.4, -0.2) is 18.0 Å². The first-order valence-electron chi connectivity index (χ1n) is 8.24. The summed E-state index contributed by atoms with van der Waals surface area (Å²) >= 11 is 0. The van der Waals surface area contributed by atoms with Gasteiger partial charge in [-0.05, 0) is 42.9 Å². The fourth-order valence-corrected chi connectivity index (χ4v) is 3.65. The van der Waals surface area contributed by atoms with Gasteiger partial charge in [0.25, 0.3) is 0 Å². The molecule has 3 N–H and O–H groups in total. The lowest BCUT2D eigenvalue weighted by Gasteiger charge is -2.27. The molecule has 2 aliphatic rings. The molecule has 4 nitrogen and oxygen atoms in total. The van der Waals surface area contributed by atoms with Gasteiger partial charge in [0, 0.05) is 25.0 Å². The van der Waals surface area contributed by atoms with Crippen LogP contribution < -0.4 is 16.2 Å². The van der Waals surface area contributed by atoms with E-state index in [2.05, 4.69) is 16.2 Å². The maximum Gasteiger partial charge on any atom is 0.220 e. The summed E-state index contributed by atoms with van der Waals surface area (Å²) in [4.78, 5) is 12.0. The fourth-order valence-electron chi connectivity index (χ4n) is 3.65. The minimum Gasteiger partial charge on any atom is -0.352 e. The van der Waals surface area contributed by atoms with Crippen molar-refractivity contribution in [3.8, 4) is 0 Å². The van der Waals surface area contributed by atoms with E-state index in [0.29, 0.717) is 31.0 Å². The van der Waals surface area contributed by atoms with Gasteiger partial charge in [0.1, 0.15) is 5.82 Å². The van der Waals surface area contributed by atoms with E-state index < -0.39 is 0 Å². The van der Waals surface area contributed by atoms with Crippen LogP contribution in [0, 0.1) is 11.7 Å². The van der Waals surface area contributed by atoms with Crippen LogP contribution in [0.1, 0.15) is 44.1 Å². The first-order valence-corrected chi connectivity index (χ1v) is 8.24. The highest BCUT2D eigenvalue weighted by Gasteiger charge is 2.36. The lowest BCUT2D eigenvalue weighted by atomic mass is 9.80. The van der Waals surface area contributed by atoms with Crippen molar-refractivity contribution >= 4 is 5.91 Å². The van der Waals surface area contributed by atoms with E-state index in [4.69, 9.17) is 0 Å². The van der Waals surface area contributed by atoms with Gasteiger partial charge in [0.05, 0.1) is 0 Å². The number of nitrogens with one attached hydrogen (secondary N) is 3. The van der Waals surface area contributed by atoms with Gasteiger partial charge >= 0.3 is 0 Å². The third-order valence-electron chi connectivity index (χ3n) is 4.85. The highest BCUT2D eigenvalue weighted by Crippen LogP contribution is 2.31. The summed E-state index contributed by atoms with van der Waals surface area (Å²) in [6.45, 7) is 0.388. The molecule has 0 aromatic heterocycles. The molecule has 1 saturated carbocycles. The number of carbonyl (C=O) groups is 1. The topological polar surface area (TPSA) is 53.2 Å². The summed E-state index contributed by atoms with van der Waals surface area (Å²) in [6, 6.07) is 7.31. The van der Waals surface area contributed by atoms with Crippen LogP contribution in [0.3, 0.4) is 0 Å². The van der Waals surface area contributed by atoms with Crippen LogP contribution in [0.5, 0.6) is 0 Å². The van der Waals surface area contributed by atoms with Crippen LogP contribution in [0.15, 0.2) is 24.3 Å². The van der Waals surface area contributed by atoms with Crippen LogP contribution in [0.25, 0.3) is 0 Å². The number of hydrogen-bond donors (Lipinski definition) is 3. The number of hydrazine groups is 1. The molecule has 0 bridgehead atoms. The molecule has 1 heterocycles. The quantitative estimate of drug-likeness (QED) is 0.782. The van der Waals surface area contributed by atoms with E-state index >= 15 is 0 Å². The van der Waals surface area contributed by atoms with E-state index in [1.807, 2.05) is 6.07 Å².